The normalized spacial score (nSPS) is 16.6. The number of nitrogens with one attached hydrogen (secondary N) is 2. The second-order valence-corrected chi connectivity index (χ2v) is 9.36. The molecule has 1 aliphatic heterocycles. The molecule has 10 nitrogen and oxygen atoms in total. The van der Waals surface area contributed by atoms with E-state index in [1.54, 1.807) is 43.5 Å². The fourth-order valence-corrected chi connectivity index (χ4v) is 4.66. The van der Waals surface area contributed by atoms with Gasteiger partial charge in [0.25, 0.3) is 11.8 Å². The minimum absolute atomic E-state index is 0.0261. The number of ether oxygens (including phenoxy) is 2. The van der Waals surface area contributed by atoms with Crippen molar-refractivity contribution in [3.8, 4) is 0 Å². The van der Waals surface area contributed by atoms with Crippen LogP contribution in [0.4, 0.5) is 4.79 Å². The Morgan fingerprint density at radius 1 is 0.950 bits per heavy atom. The van der Waals surface area contributed by atoms with Gasteiger partial charge in [0, 0.05) is 25.2 Å². The molecule has 0 saturated heterocycles. The molecule has 5 amide bonds. The van der Waals surface area contributed by atoms with Gasteiger partial charge in [0.2, 0.25) is 0 Å². The molecule has 208 valence electrons. The highest BCUT2D eigenvalue weighted by molar-refractivity contribution is 6.17. The Bertz CT molecular complexity index is 1380. The molecule has 1 atom stereocenters. The van der Waals surface area contributed by atoms with Crippen LogP contribution >= 0.6 is 0 Å². The van der Waals surface area contributed by atoms with Crippen LogP contribution in [0.15, 0.2) is 78.3 Å². The number of carbonyl (C=O) groups is 4. The lowest BCUT2D eigenvalue weighted by atomic mass is 9.92. The molecular formula is C30H33N4O6+. The van der Waals surface area contributed by atoms with E-state index in [0.29, 0.717) is 34.9 Å². The Kier molecular flexibility index (Phi) is 9.11. The van der Waals surface area contributed by atoms with Crippen molar-refractivity contribution >= 4 is 29.5 Å². The van der Waals surface area contributed by atoms with Gasteiger partial charge in [-0.05, 0) is 42.2 Å². The second kappa shape index (κ2) is 12.9. The van der Waals surface area contributed by atoms with Crippen molar-refractivity contribution in [2.75, 3.05) is 34.4 Å². The monoisotopic (exact) mass is 545 g/mol. The molecule has 40 heavy (non-hydrogen) atoms. The zero-order chi connectivity index (χ0) is 28.6. The first-order chi connectivity index (χ1) is 19.4. The maximum absolute atomic E-state index is 13.7. The van der Waals surface area contributed by atoms with Crippen molar-refractivity contribution in [2.24, 2.45) is 5.92 Å². The number of hydrogen-bond donors (Lipinski definition) is 2. The zero-order valence-corrected chi connectivity index (χ0v) is 22.8. The standard InChI is InChI=1S/C30H32N4O6/c1-31-28(36)22-13-11-21(12-14-22)18-34-29(37)23-16-25(39-2)26(40-3)17-24(23)33(30(34)38)19-27(35)32-15-7-10-20-8-5-4-6-9-20/h4-6,8-9,11-14,16-17,23H,7,10,15,18-19H2,1-3H3,(H-,31,32,35,36)/p+1. The van der Waals surface area contributed by atoms with Crippen LogP contribution in [0.2, 0.25) is 0 Å². The molecule has 0 fully saturated rings. The average Bonchev–Trinajstić information content (AvgIpc) is 2.99. The third-order valence-corrected chi connectivity index (χ3v) is 6.80. The smallest absolute Gasteiger partial charge is 0.493 e. The van der Waals surface area contributed by atoms with Gasteiger partial charge >= 0.3 is 11.9 Å². The molecular weight excluding hydrogens is 512 g/mol. The summed E-state index contributed by atoms with van der Waals surface area (Å²) < 4.78 is 12.1. The molecule has 0 saturated carbocycles. The van der Waals surface area contributed by atoms with Crippen LogP contribution in [-0.2, 0) is 32.0 Å². The maximum Gasteiger partial charge on any atom is 0.501 e. The van der Waals surface area contributed by atoms with E-state index in [0.717, 1.165) is 17.7 Å². The van der Waals surface area contributed by atoms with Gasteiger partial charge in [-0.25, -0.2) is 4.79 Å². The Hall–Kier alpha value is -4.73. The van der Waals surface area contributed by atoms with Crippen LogP contribution in [-0.4, -0.2) is 73.3 Å². The van der Waals surface area contributed by atoms with E-state index in [9.17, 15) is 19.2 Å². The molecule has 2 N–H and O–H groups in total. The molecule has 1 heterocycles. The van der Waals surface area contributed by atoms with Crippen LogP contribution in [0.25, 0.3) is 0 Å². The fraction of sp³-hybridized carbons (Fsp3) is 0.300. The molecule has 1 aliphatic carbocycles. The summed E-state index contributed by atoms with van der Waals surface area (Å²) in [6.45, 7) is 0.155. The lowest BCUT2D eigenvalue weighted by Gasteiger charge is -2.28. The summed E-state index contributed by atoms with van der Waals surface area (Å²) in [6.07, 6.45) is 4.72. The minimum Gasteiger partial charge on any atom is -0.493 e. The first-order valence-electron chi connectivity index (χ1n) is 13.0. The summed E-state index contributed by atoms with van der Waals surface area (Å²) in [6, 6.07) is 16.0. The van der Waals surface area contributed by atoms with Crippen molar-refractivity contribution in [3.05, 3.63) is 95.0 Å². The van der Waals surface area contributed by atoms with Gasteiger partial charge in [-0.3, -0.25) is 9.59 Å². The zero-order valence-electron chi connectivity index (χ0n) is 22.8. The van der Waals surface area contributed by atoms with Crippen molar-refractivity contribution in [3.63, 3.8) is 0 Å². The van der Waals surface area contributed by atoms with Crippen molar-refractivity contribution in [1.82, 2.24) is 15.5 Å². The maximum atomic E-state index is 13.7. The van der Waals surface area contributed by atoms with Gasteiger partial charge in [0.05, 0.1) is 14.2 Å². The quantitative estimate of drug-likeness (QED) is 0.331. The number of benzene rings is 2. The van der Waals surface area contributed by atoms with Gasteiger partial charge < -0.3 is 20.1 Å². The van der Waals surface area contributed by atoms with Crippen LogP contribution in [0.1, 0.15) is 27.9 Å². The van der Waals surface area contributed by atoms with E-state index in [1.165, 1.54) is 24.4 Å². The number of nitrogens with zero attached hydrogens (tertiary/aromatic N) is 2. The van der Waals surface area contributed by atoms with Gasteiger partial charge in [-0.1, -0.05) is 42.5 Å². The molecule has 0 radical (unpaired) electrons. The predicted molar refractivity (Wildman–Crippen MR) is 147 cm³/mol. The number of carbonyl (C=O) groups excluding carboxylic acids is 4. The summed E-state index contributed by atoms with van der Waals surface area (Å²) in [5.74, 6) is -1.17. The number of hydrogen-bond acceptors (Lipinski definition) is 6. The molecule has 4 rings (SSSR count). The molecule has 2 aromatic rings. The second-order valence-electron chi connectivity index (χ2n) is 9.36. The van der Waals surface area contributed by atoms with E-state index in [2.05, 4.69) is 10.6 Å². The van der Waals surface area contributed by atoms with Crippen molar-refractivity contribution in [1.29, 1.82) is 0 Å². The molecule has 0 spiro atoms. The SMILES string of the molecule is CNC(=O)c1ccc(CN2C(=O)C3C=C(OC)C(OC)=CC3=[N+](CC(=O)NCCCc3ccccc3)C2=O)cc1. The topological polar surface area (TPSA) is 117 Å². The highest BCUT2D eigenvalue weighted by atomic mass is 16.5. The molecule has 1 unspecified atom stereocenters. The summed E-state index contributed by atoms with van der Waals surface area (Å²) in [5.41, 5.74) is 2.64. The Morgan fingerprint density at radius 3 is 2.30 bits per heavy atom. The molecule has 0 bridgehead atoms. The predicted octanol–water partition coefficient (Wildman–Crippen LogP) is 2.40. The molecule has 10 heteroatoms. The van der Waals surface area contributed by atoms with Crippen molar-refractivity contribution < 1.29 is 33.2 Å². The summed E-state index contributed by atoms with van der Waals surface area (Å²) in [5, 5.41) is 5.44. The fourth-order valence-electron chi connectivity index (χ4n) is 4.66. The number of methoxy groups -OCH3 is 2. The van der Waals surface area contributed by atoms with Gasteiger partial charge in [-0.15, -0.1) is 0 Å². The van der Waals surface area contributed by atoms with E-state index in [-0.39, 0.29) is 24.9 Å². The summed E-state index contributed by atoms with van der Waals surface area (Å²) in [4.78, 5) is 53.1. The third kappa shape index (κ3) is 6.28. The number of fused-ring (bicyclic) bond motifs is 1. The number of urea groups is 1. The number of allylic oxidation sites excluding steroid dienone is 1. The van der Waals surface area contributed by atoms with Gasteiger partial charge in [0.15, 0.2) is 18.1 Å². The summed E-state index contributed by atoms with van der Waals surface area (Å²) in [7, 11) is 4.47. The number of amides is 5. The highest BCUT2D eigenvalue weighted by Gasteiger charge is 2.49. The van der Waals surface area contributed by atoms with E-state index < -0.39 is 17.9 Å². The Labute approximate surface area is 233 Å². The lowest BCUT2D eigenvalue weighted by molar-refractivity contribution is -0.429. The number of imide groups is 1. The van der Waals surface area contributed by atoms with Crippen molar-refractivity contribution in [2.45, 2.75) is 19.4 Å². The number of aryl methyl sites for hydroxylation is 1. The average molecular weight is 546 g/mol. The van der Waals surface area contributed by atoms with Gasteiger partial charge in [0.1, 0.15) is 18.2 Å². The molecule has 0 aromatic heterocycles. The number of rotatable bonds is 11. The lowest BCUT2D eigenvalue weighted by Crippen LogP contribution is -2.56. The Morgan fingerprint density at radius 2 is 1.65 bits per heavy atom. The molecule has 2 aromatic carbocycles. The van der Waals surface area contributed by atoms with E-state index in [4.69, 9.17) is 9.47 Å². The first kappa shape index (κ1) is 28.3. The van der Waals surface area contributed by atoms with Crippen LogP contribution in [0.3, 0.4) is 0 Å². The van der Waals surface area contributed by atoms with Crippen LogP contribution < -0.4 is 10.6 Å². The van der Waals surface area contributed by atoms with E-state index >= 15 is 0 Å². The first-order valence-corrected chi connectivity index (χ1v) is 13.0. The minimum atomic E-state index is -0.845. The van der Waals surface area contributed by atoms with Crippen LogP contribution in [0, 0.1) is 5.92 Å². The Balaban J connectivity index is 1.55. The van der Waals surface area contributed by atoms with Crippen LogP contribution in [0.5, 0.6) is 0 Å². The van der Waals surface area contributed by atoms with E-state index in [1.807, 2.05) is 30.3 Å². The highest BCUT2D eigenvalue weighted by Crippen LogP contribution is 2.28. The molecule has 2 aliphatic rings. The van der Waals surface area contributed by atoms with Gasteiger partial charge in [-0.2, -0.15) is 14.3 Å². The summed E-state index contributed by atoms with van der Waals surface area (Å²) >= 11 is 0. The third-order valence-electron chi connectivity index (χ3n) is 6.80. The largest absolute Gasteiger partial charge is 0.501 e.